The van der Waals surface area contributed by atoms with E-state index in [4.69, 9.17) is 0 Å². The third-order valence-electron chi connectivity index (χ3n) is 3.11. The minimum atomic E-state index is -3.36. The largest absolute Gasteiger partial charge is 0.370 e. The molecule has 0 bridgehead atoms. The van der Waals surface area contributed by atoms with E-state index >= 15 is 0 Å². The Morgan fingerprint density at radius 1 is 1.56 bits per heavy atom. The summed E-state index contributed by atoms with van der Waals surface area (Å²) in [6.45, 7) is 5.97. The summed E-state index contributed by atoms with van der Waals surface area (Å²) in [6.07, 6.45) is 2.47. The summed E-state index contributed by atoms with van der Waals surface area (Å²) >= 11 is 0. The van der Waals surface area contributed by atoms with Crippen molar-refractivity contribution in [3.05, 3.63) is 18.3 Å². The molecule has 0 aromatic carbocycles. The number of sulfonamides is 1. The van der Waals surface area contributed by atoms with Gasteiger partial charge in [0.1, 0.15) is 5.82 Å². The number of nitrogens with one attached hydrogen (secondary N) is 1. The fraction of sp³-hybridized carbons (Fsp3) is 0.583. The van der Waals surface area contributed by atoms with Crippen LogP contribution in [0.4, 0.5) is 5.82 Å². The SMILES string of the molecule is CCNc1cc(S(=O)(=O)N2CCC(C)C2)ccn1. The molecule has 1 unspecified atom stereocenters. The molecular weight excluding hydrogens is 250 g/mol. The third-order valence-corrected chi connectivity index (χ3v) is 4.97. The first-order chi connectivity index (χ1) is 8.54. The van der Waals surface area contributed by atoms with Crippen molar-refractivity contribution >= 4 is 15.8 Å². The molecule has 2 rings (SSSR count). The van der Waals surface area contributed by atoms with Gasteiger partial charge in [0, 0.05) is 31.9 Å². The average molecular weight is 269 g/mol. The molecule has 1 aromatic rings. The first-order valence-corrected chi connectivity index (χ1v) is 7.68. The maximum Gasteiger partial charge on any atom is 0.243 e. The second-order valence-electron chi connectivity index (χ2n) is 4.66. The molecule has 18 heavy (non-hydrogen) atoms. The van der Waals surface area contributed by atoms with Gasteiger partial charge >= 0.3 is 0 Å². The van der Waals surface area contributed by atoms with Gasteiger partial charge < -0.3 is 5.32 Å². The van der Waals surface area contributed by atoms with Crippen molar-refractivity contribution in [1.29, 1.82) is 0 Å². The molecule has 1 aromatic heterocycles. The Hall–Kier alpha value is -1.14. The first kappa shape index (κ1) is 13.3. The third kappa shape index (κ3) is 2.64. The lowest BCUT2D eigenvalue weighted by molar-refractivity contribution is 0.464. The van der Waals surface area contributed by atoms with Crippen molar-refractivity contribution in [2.45, 2.75) is 25.2 Å². The highest BCUT2D eigenvalue weighted by Gasteiger charge is 2.30. The van der Waals surface area contributed by atoms with Crippen LogP contribution in [0.2, 0.25) is 0 Å². The molecule has 5 nitrogen and oxygen atoms in total. The van der Waals surface area contributed by atoms with Gasteiger partial charge in [0.2, 0.25) is 10.0 Å². The van der Waals surface area contributed by atoms with E-state index in [2.05, 4.69) is 17.2 Å². The number of hydrogen-bond acceptors (Lipinski definition) is 4. The number of rotatable bonds is 4. The van der Waals surface area contributed by atoms with E-state index in [9.17, 15) is 8.42 Å². The van der Waals surface area contributed by atoms with Gasteiger partial charge in [0.05, 0.1) is 4.90 Å². The average Bonchev–Trinajstić information content (AvgIpc) is 2.77. The van der Waals surface area contributed by atoms with Gasteiger partial charge in [0.25, 0.3) is 0 Å². The molecule has 100 valence electrons. The van der Waals surface area contributed by atoms with Crippen molar-refractivity contribution < 1.29 is 8.42 Å². The highest BCUT2D eigenvalue weighted by Crippen LogP contribution is 2.24. The molecule has 1 aliphatic heterocycles. The van der Waals surface area contributed by atoms with Gasteiger partial charge in [-0.05, 0) is 25.3 Å². The zero-order chi connectivity index (χ0) is 13.2. The van der Waals surface area contributed by atoms with Gasteiger partial charge in [0.15, 0.2) is 0 Å². The van der Waals surface area contributed by atoms with Crippen LogP contribution in [-0.2, 0) is 10.0 Å². The number of anilines is 1. The lowest BCUT2D eigenvalue weighted by Crippen LogP contribution is -2.28. The highest BCUT2D eigenvalue weighted by molar-refractivity contribution is 7.89. The number of nitrogens with zero attached hydrogens (tertiary/aromatic N) is 2. The Balaban J connectivity index is 2.26. The fourth-order valence-corrected chi connectivity index (χ4v) is 3.70. The zero-order valence-electron chi connectivity index (χ0n) is 10.8. The molecule has 2 heterocycles. The van der Waals surface area contributed by atoms with Gasteiger partial charge in [-0.2, -0.15) is 4.31 Å². The molecule has 6 heteroatoms. The highest BCUT2D eigenvalue weighted by atomic mass is 32.2. The monoisotopic (exact) mass is 269 g/mol. The molecule has 0 amide bonds. The van der Waals surface area contributed by atoms with Gasteiger partial charge in [-0.3, -0.25) is 0 Å². The summed E-state index contributed by atoms with van der Waals surface area (Å²) in [5.41, 5.74) is 0. The van der Waals surface area contributed by atoms with Crippen LogP contribution in [0.1, 0.15) is 20.3 Å². The summed E-state index contributed by atoms with van der Waals surface area (Å²) in [7, 11) is -3.36. The van der Waals surface area contributed by atoms with Crippen molar-refractivity contribution in [3.63, 3.8) is 0 Å². The van der Waals surface area contributed by atoms with Crippen LogP contribution in [-0.4, -0.2) is 37.3 Å². The van der Waals surface area contributed by atoms with Gasteiger partial charge in [-0.1, -0.05) is 6.92 Å². The first-order valence-electron chi connectivity index (χ1n) is 6.24. The predicted molar refractivity (Wildman–Crippen MR) is 70.9 cm³/mol. The van der Waals surface area contributed by atoms with Gasteiger partial charge in [-0.25, -0.2) is 13.4 Å². The normalized spacial score (nSPS) is 21.1. The van der Waals surface area contributed by atoms with Crippen LogP contribution in [0.25, 0.3) is 0 Å². The number of aromatic nitrogens is 1. The van der Waals surface area contributed by atoms with Crippen molar-refractivity contribution in [2.24, 2.45) is 5.92 Å². The van der Waals surface area contributed by atoms with E-state index in [1.807, 2.05) is 6.92 Å². The minimum absolute atomic E-state index is 0.322. The molecule has 1 saturated heterocycles. The van der Waals surface area contributed by atoms with Crippen molar-refractivity contribution in [3.8, 4) is 0 Å². The molecule has 0 aliphatic carbocycles. The molecule has 1 atom stereocenters. The Bertz CT molecular complexity index is 516. The maximum absolute atomic E-state index is 12.4. The van der Waals surface area contributed by atoms with E-state index in [-0.39, 0.29) is 0 Å². The van der Waals surface area contributed by atoms with E-state index in [0.717, 1.165) is 13.0 Å². The lowest BCUT2D eigenvalue weighted by Gasteiger charge is -2.16. The molecule has 1 fully saturated rings. The lowest BCUT2D eigenvalue weighted by atomic mass is 10.2. The predicted octanol–water partition coefficient (Wildman–Crippen LogP) is 1.54. The number of hydrogen-bond donors (Lipinski definition) is 1. The van der Waals surface area contributed by atoms with Crippen molar-refractivity contribution in [1.82, 2.24) is 9.29 Å². The second-order valence-corrected chi connectivity index (χ2v) is 6.60. The van der Waals surface area contributed by atoms with Crippen LogP contribution in [0.15, 0.2) is 23.2 Å². The topological polar surface area (TPSA) is 62.3 Å². The van der Waals surface area contributed by atoms with E-state index in [1.54, 1.807) is 16.4 Å². The van der Waals surface area contributed by atoms with Crippen LogP contribution in [0.5, 0.6) is 0 Å². The summed E-state index contributed by atoms with van der Waals surface area (Å²) in [4.78, 5) is 4.41. The number of pyridine rings is 1. The van der Waals surface area contributed by atoms with Crippen LogP contribution in [0, 0.1) is 5.92 Å². The van der Waals surface area contributed by atoms with Crippen LogP contribution >= 0.6 is 0 Å². The van der Waals surface area contributed by atoms with Crippen LogP contribution < -0.4 is 5.32 Å². The maximum atomic E-state index is 12.4. The molecule has 1 aliphatic rings. The van der Waals surface area contributed by atoms with Crippen LogP contribution in [0.3, 0.4) is 0 Å². The Labute approximate surface area is 108 Å². The molecule has 1 N–H and O–H groups in total. The zero-order valence-corrected chi connectivity index (χ0v) is 11.6. The second kappa shape index (κ2) is 5.24. The Kier molecular flexibility index (Phi) is 3.87. The molecular formula is C12H19N3O2S. The summed E-state index contributed by atoms with van der Waals surface area (Å²) < 4.78 is 26.4. The fourth-order valence-electron chi connectivity index (χ4n) is 2.11. The Morgan fingerprint density at radius 2 is 2.33 bits per heavy atom. The summed E-state index contributed by atoms with van der Waals surface area (Å²) in [6, 6.07) is 3.15. The standard InChI is InChI=1S/C12H19N3O2S/c1-3-13-12-8-11(4-6-14-12)18(16,17)15-7-5-10(2)9-15/h4,6,8,10H,3,5,7,9H2,1-2H3,(H,13,14). The molecule has 0 saturated carbocycles. The Morgan fingerprint density at radius 3 is 2.94 bits per heavy atom. The quantitative estimate of drug-likeness (QED) is 0.900. The van der Waals surface area contributed by atoms with E-state index in [0.29, 0.717) is 29.7 Å². The van der Waals surface area contributed by atoms with Gasteiger partial charge in [-0.15, -0.1) is 0 Å². The summed E-state index contributed by atoms with van der Waals surface area (Å²) in [5, 5.41) is 3.03. The smallest absolute Gasteiger partial charge is 0.243 e. The summed E-state index contributed by atoms with van der Waals surface area (Å²) in [5.74, 6) is 1.04. The van der Waals surface area contributed by atoms with E-state index in [1.165, 1.54) is 6.20 Å². The van der Waals surface area contributed by atoms with Crippen molar-refractivity contribution in [2.75, 3.05) is 25.0 Å². The molecule has 0 spiro atoms. The molecule has 0 radical (unpaired) electrons. The minimum Gasteiger partial charge on any atom is -0.370 e. The van der Waals surface area contributed by atoms with E-state index < -0.39 is 10.0 Å².